The predicted molar refractivity (Wildman–Crippen MR) is 51.7 cm³/mol. The number of aliphatic hydroxyl groups excluding tert-OH is 2. The summed E-state index contributed by atoms with van der Waals surface area (Å²) in [4.78, 5) is 13.2. The van der Waals surface area contributed by atoms with Crippen LogP contribution in [0.5, 0.6) is 0 Å². The zero-order chi connectivity index (χ0) is 10.7. The molecule has 1 saturated heterocycles. The van der Waals surface area contributed by atoms with Gasteiger partial charge in [-0.1, -0.05) is 0 Å². The van der Waals surface area contributed by atoms with Gasteiger partial charge in [-0.25, -0.2) is 0 Å². The molecule has 1 fully saturated rings. The van der Waals surface area contributed by atoms with Crippen molar-refractivity contribution in [2.24, 2.45) is 0 Å². The fourth-order valence-corrected chi connectivity index (χ4v) is 1.60. The highest BCUT2D eigenvalue weighted by Gasteiger charge is 2.34. The van der Waals surface area contributed by atoms with Gasteiger partial charge in [0.05, 0.1) is 18.2 Å². The molecule has 1 aliphatic heterocycles. The van der Waals surface area contributed by atoms with Gasteiger partial charge in [0.2, 0.25) is 5.91 Å². The number of amides is 1. The first-order valence-corrected chi connectivity index (χ1v) is 4.94. The number of β-amino-alcohol motifs (C(OH)–C–C–N with tert-alkyl or cyclic N) is 2. The average molecular weight is 202 g/mol. The van der Waals surface area contributed by atoms with Crippen LogP contribution in [-0.2, 0) is 4.79 Å². The van der Waals surface area contributed by atoms with Gasteiger partial charge in [0.1, 0.15) is 0 Å². The summed E-state index contributed by atoms with van der Waals surface area (Å²) in [5.41, 5.74) is 0. The van der Waals surface area contributed by atoms with Crippen LogP contribution < -0.4 is 5.32 Å². The van der Waals surface area contributed by atoms with Crippen LogP contribution in [0, 0.1) is 0 Å². The largest absolute Gasteiger partial charge is 0.389 e. The number of aliphatic hydroxyl groups is 2. The molecular formula is C9H18N2O3. The number of likely N-dealkylation sites (tertiary alicyclic amines) is 1. The van der Waals surface area contributed by atoms with E-state index in [1.807, 2.05) is 6.92 Å². The number of hydrogen-bond acceptors (Lipinski definition) is 4. The van der Waals surface area contributed by atoms with Crippen LogP contribution in [0.25, 0.3) is 0 Å². The van der Waals surface area contributed by atoms with E-state index in [2.05, 4.69) is 5.32 Å². The Morgan fingerprint density at radius 2 is 2.00 bits per heavy atom. The van der Waals surface area contributed by atoms with Crippen molar-refractivity contribution < 1.29 is 15.0 Å². The van der Waals surface area contributed by atoms with Gasteiger partial charge in [0.25, 0.3) is 0 Å². The zero-order valence-corrected chi connectivity index (χ0v) is 8.60. The van der Waals surface area contributed by atoms with E-state index >= 15 is 0 Å². The summed E-state index contributed by atoms with van der Waals surface area (Å²) in [7, 11) is 0. The van der Waals surface area contributed by atoms with E-state index in [4.69, 9.17) is 0 Å². The monoisotopic (exact) mass is 202 g/mol. The number of rotatable bonds is 3. The molecule has 1 aliphatic rings. The van der Waals surface area contributed by atoms with E-state index in [1.165, 1.54) is 0 Å². The van der Waals surface area contributed by atoms with E-state index in [9.17, 15) is 15.0 Å². The molecule has 1 amide bonds. The van der Waals surface area contributed by atoms with Gasteiger partial charge in [0.15, 0.2) is 0 Å². The molecule has 0 aromatic rings. The van der Waals surface area contributed by atoms with Crippen molar-refractivity contribution in [3.63, 3.8) is 0 Å². The summed E-state index contributed by atoms with van der Waals surface area (Å²) >= 11 is 0. The van der Waals surface area contributed by atoms with Gasteiger partial charge in [-0.3, -0.25) is 9.69 Å². The lowest BCUT2D eigenvalue weighted by Crippen LogP contribution is -2.44. The molecule has 0 aromatic carbocycles. The number of nitrogens with zero attached hydrogens (tertiary/aromatic N) is 1. The molecule has 82 valence electrons. The molecule has 0 bridgehead atoms. The highest BCUT2D eigenvalue weighted by Crippen LogP contribution is 2.13. The predicted octanol–water partition coefficient (Wildman–Crippen LogP) is -1.45. The lowest BCUT2D eigenvalue weighted by Gasteiger charge is -2.22. The fourth-order valence-electron chi connectivity index (χ4n) is 1.60. The molecule has 5 heteroatoms. The first-order valence-electron chi connectivity index (χ1n) is 4.94. The Bertz CT molecular complexity index is 200. The van der Waals surface area contributed by atoms with Gasteiger partial charge in [-0.2, -0.15) is 0 Å². The average Bonchev–Trinajstić information content (AvgIpc) is 2.46. The molecule has 5 nitrogen and oxygen atoms in total. The van der Waals surface area contributed by atoms with Crippen LogP contribution in [0.3, 0.4) is 0 Å². The summed E-state index contributed by atoms with van der Waals surface area (Å²) < 4.78 is 0. The SMILES string of the molecule is CCNC(=O)C(C)N1CC(O)C(O)C1. The second-order valence-corrected chi connectivity index (χ2v) is 3.66. The molecule has 0 aliphatic carbocycles. The van der Waals surface area contributed by atoms with E-state index in [0.717, 1.165) is 0 Å². The minimum atomic E-state index is -0.730. The molecule has 14 heavy (non-hydrogen) atoms. The van der Waals surface area contributed by atoms with Crippen molar-refractivity contribution in [1.82, 2.24) is 10.2 Å². The topological polar surface area (TPSA) is 72.8 Å². The Hall–Kier alpha value is -0.650. The van der Waals surface area contributed by atoms with Crippen molar-refractivity contribution in [3.05, 3.63) is 0 Å². The molecule has 0 aromatic heterocycles. The standard InChI is InChI=1S/C9H18N2O3/c1-3-10-9(14)6(2)11-4-7(12)8(13)5-11/h6-8,12-13H,3-5H2,1-2H3,(H,10,14). The summed E-state index contributed by atoms with van der Waals surface area (Å²) in [6, 6.07) is -0.290. The van der Waals surface area contributed by atoms with Crippen LogP contribution >= 0.6 is 0 Å². The van der Waals surface area contributed by atoms with Crippen LogP contribution in [0.4, 0.5) is 0 Å². The third-order valence-electron chi connectivity index (χ3n) is 2.57. The Labute approximate surface area is 83.7 Å². The number of likely N-dealkylation sites (N-methyl/N-ethyl adjacent to an activating group) is 1. The van der Waals surface area contributed by atoms with Crippen molar-refractivity contribution in [3.8, 4) is 0 Å². The van der Waals surface area contributed by atoms with E-state index in [-0.39, 0.29) is 11.9 Å². The number of carbonyl (C=O) groups is 1. The summed E-state index contributed by atoms with van der Waals surface area (Å²) in [6.07, 6.45) is -1.46. The molecular weight excluding hydrogens is 184 g/mol. The Balaban J connectivity index is 2.46. The zero-order valence-electron chi connectivity index (χ0n) is 8.60. The van der Waals surface area contributed by atoms with Crippen molar-refractivity contribution in [2.45, 2.75) is 32.1 Å². The van der Waals surface area contributed by atoms with Gasteiger partial charge in [0, 0.05) is 19.6 Å². The third-order valence-corrected chi connectivity index (χ3v) is 2.57. The molecule has 1 rings (SSSR count). The van der Waals surface area contributed by atoms with Gasteiger partial charge >= 0.3 is 0 Å². The van der Waals surface area contributed by atoms with Crippen LogP contribution in [-0.4, -0.2) is 58.9 Å². The summed E-state index contributed by atoms with van der Waals surface area (Å²) in [5, 5.41) is 21.3. The van der Waals surface area contributed by atoms with Crippen molar-refractivity contribution in [1.29, 1.82) is 0 Å². The van der Waals surface area contributed by atoms with Crippen molar-refractivity contribution >= 4 is 5.91 Å². The lowest BCUT2D eigenvalue weighted by atomic mass is 10.3. The molecule has 3 N–H and O–H groups in total. The molecule has 0 saturated carbocycles. The van der Waals surface area contributed by atoms with Crippen molar-refractivity contribution in [2.75, 3.05) is 19.6 Å². The molecule has 3 atom stereocenters. The number of nitrogens with one attached hydrogen (secondary N) is 1. The second kappa shape index (κ2) is 4.72. The molecule has 3 unspecified atom stereocenters. The first-order chi connectivity index (χ1) is 6.56. The maximum Gasteiger partial charge on any atom is 0.237 e. The maximum atomic E-state index is 11.4. The van der Waals surface area contributed by atoms with Crippen LogP contribution in [0.2, 0.25) is 0 Å². The normalized spacial score (nSPS) is 30.3. The van der Waals surface area contributed by atoms with Gasteiger partial charge in [-0.05, 0) is 13.8 Å². The lowest BCUT2D eigenvalue weighted by molar-refractivity contribution is -0.125. The molecule has 1 heterocycles. The smallest absolute Gasteiger partial charge is 0.237 e. The Kier molecular flexibility index (Phi) is 3.86. The molecule has 0 radical (unpaired) electrons. The minimum absolute atomic E-state index is 0.0613. The number of hydrogen-bond donors (Lipinski definition) is 3. The Morgan fingerprint density at radius 3 is 2.43 bits per heavy atom. The van der Waals surface area contributed by atoms with Crippen LogP contribution in [0.1, 0.15) is 13.8 Å². The minimum Gasteiger partial charge on any atom is -0.389 e. The van der Waals surface area contributed by atoms with E-state index < -0.39 is 12.2 Å². The van der Waals surface area contributed by atoms with E-state index in [1.54, 1.807) is 11.8 Å². The van der Waals surface area contributed by atoms with Crippen LogP contribution in [0.15, 0.2) is 0 Å². The highest BCUT2D eigenvalue weighted by molar-refractivity contribution is 5.81. The highest BCUT2D eigenvalue weighted by atomic mass is 16.3. The number of carbonyl (C=O) groups excluding carboxylic acids is 1. The van der Waals surface area contributed by atoms with Gasteiger partial charge in [-0.15, -0.1) is 0 Å². The summed E-state index contributed by atoms with van der Waals surface area (Å²) in [6.45, 7) is 4.95. The Morgan fingerprint density at radius 1 is 1.50 bits per heavy atom. The summed E-state index contributed by atoms with van der Waals surface area (Å²) in [5.74, 6) is -0.0613. The maximum absolute atomic E-state index is 11.4. The second-order valence-electron chi connectivity index (χ2n) is 3.66. The van der Waals surface area contributed by atoms with Gasteiger partial charge < -0.3 is 15.5 Å². The third kappa shape index (κ3) is 2.43. The van der Waals surface area contributed by atoms with E-state index in [0.29, 0.717) is 19.6 Å². The quantitative estimate of drug-likeness (QED) is 0.523. The fraction of sp³-hybridized carbons (Fsp3) is 0.889. The molecule has 0 spiro atoms. The first kappa shape index (κ1) is 11.4.